The standard InChI is InChI=1S/C20H22FN3O3/c21-17-6-8-18(9-7-17)23-10-12-24(13-11-23)19(25)14-22-20(26)27-15-16-4-2-1-3-5-16/h1-9H,10-15H2,(H,22,26). The van der Waals surface area contributed by atoms with Crippen molar-refractivity contribution in [3.05, 3.63) is 66.0 Å². The number of hydrogen-bond acceptors (Lipinski definition) is 4. The average molecular weight is 371 g/mol. The number of halogens is 1. The van der Waals surface area contributed by atoms with Crippen molar-refractivity contribution in [2.75, 3.05) is 37.6 Å². The van der Waals surface area contributed by atoms with Gasteiger partial charge in [0.15, 0.2) is 0 Å². The van der Waals surface area contributed by atoms with E-state index in [1.807, 2.05) is 30.3 Å². The Hall–Kier alpha value is -3.09. The summed E-state index contributed by atoms with van der Waals surface area (Å²) >= 11 is 0. The molecule has 0 aliphatic carbocycles. The summed E-state index contributed by atoms with van der Waals surface area (Å²) < 4.78 is 18.1. The fourth-order valence-electron chi connectivity index (χ4n) is 2.90. The number of carbonyl (C=O) groups is 2. The van der Waals surface area contributed by atoms with Crippen LogP contribution in [0.4, 0.5) is 14.9 Å². The van der Waals surface area contributed by atoms with Crippen LogP contribution in [-0.4, -0.2) is 49.6 Å². The molecule has 0 saturated carbocycles. The lowest BCUT2D eigenvalue weighted by Crippen LogP contribution is -2.51. The van der Waals surface area contributed by atoms with Gasteiger partial charge in [0.25, 0.3) is 0 Å². The van der Waals surface area contributed by atoms with E-state index in [9.17, 15) is 14.0 Å². The number of amides is 2. The molecule has 0 radical (unpaired) electrons. The van der Waals surface area contributed by atoms with Gasteiger partial charge in [-0.05, 0) is 29.8 Å². The van der Waals surface area contributed by atoms with Gasteiger partial charge in [-0.25, -0.2) is 9.18 Å². The lowest BCUT2D eigenvalue weighted by molar-refractivity contribution is -0.130. The van der Waals surface area contributed by atoms with Crippen LogP contribution in [0.3, 0.4) is 0 Å². The topological polar surface area (TPSA) is 61.9 Å². The Bertz CT molecular complexity index is 760. The predicted octanol–water partition coefficient (Wildman–Crippen LogP) is 2.40. The highest BCUT2D eigenvalue weighted by molar-refractivity contribution is 5.82. The first-order chi connectivity index (χ1) is 13.1. The molecular weight excluding hydrogens is 349 g/mol. The molecule has 0 aromatic heterocycles. The number of benzene rings is 2. The van der Waals surface area contributed by atoms with Gasteiger partial charge in [-0.1, -0.05) is 30.3 Å². The largest absolute Gasteiger partial charge is 0.445 e. The van der Waals surface area contributed by atoms with E-state index < -0.39 is 6.09 Å². The second kappa shape index (κ2) is 9.02. The lowest BCUT2D eigenvalue weighted by atomic mass is 10.2. The number of ether oxygens (including phenoxy) is 1. The van der Waals surface area contributed by atoms with Crippen LogP contribution in [0.5, 0.6) is 0 Å². The number of nitrogens with one attached hydrogen (secondary N) is 1. The zero-order chi connectivity index (χ0) is 19.1. The van der Waals surface area contributed by atoms with Gasteiger partial charge < -0.3 is 19.9 Å². The van der Waals surface area contributed by atoms with E-state index in [0.717, 1.165) is 11.3 Å². The first-order valence-corrected chi connectivity index (χ1v) is 8.84. The van der Waals surface area contributed by atoms with Crippen molar-refractivity contribution in [1.29, 1.82) is 0 Å². The third-order valence-electron chi connectivity index (χ3n) is 4.42. The maximum atomic E-state index is 13.0. The Labute approximate surface area is 157 Å². The molecule has 2 aromatic carbocycles. The number of carbonyl (C=O) groups excluding carboxylic acids is 2. The maximum Gasteiger partial charge on any atom is 0.407 e. The molecule has 7 heteroatoms. The second-order valence-electron chi connectivity index (χ2n) is 6.26. The molecule has 2 aromatic rings. The Morgan fingerprint density at radius 2 is 1.63 bits per heavy atom. The Balaban J connectivity index is 1.38. The van der Waals surface area contributed by atoms with Gasteiger partial charge >= 0.3 is 6.09 Å². The molecule has 142 valence electrons. The van der Waals surface area contributed by atoms with E-state index in [2.05, 4.69) is 10.2 Å². The minimum absolute atomic E-state index is 0.0931. The van der Waals surface area contributed by atoms with Gasteiger partial charge in [-0.15, -0.1) is 0 Å². The van der Waals surface area contributed by atoms with Crippen LogP contribution in [0, 0.1) is 5.82 Å². The number of alkyl carbamates (subject to hydrolysis) is 1. The summed E-state index contributed by atoms with van der Waals surface area (Å²) in [6.07, 6.45) is -0.614. The molecule has 6 nitrogen and oxygen atoms in total. The van der Waals surface area contributed by atoms with E-state index in [4.69, 9.17) is 4.74 Å². The number of rotatable bonds is 5. The molecule has 1 aliphatic heterocycles. The van der Waals surface area contributed by atoms with Gasteiger partial charge in [0, 0.05) is 31.9 Å². The summed E-state index contributed by atoms with van der Waals surface area (Å²) in [6.45, 7) is 2.50. The predicted molar refractivity (Wildman–Crippen MR) is 99.8 cm³/mol. The SMILES string of the molecule is O=C(NCC(=O)N1CCN(c2ccc(F)cc2)CC1)OCc1ccccc1. The third-order valence-corrected chi connectivity index (χ3v) is 4.42. The van der Waals surface area contributed by atoms with E-state index in [1.54, 1.807) is 17.0 Å². The zero-order valence-corrected chi connectivity index (χ0v) is 14.9. The zero-order valence-electron chi connectivity index (χ0n) is 14.9. The molecule has 0 spiro atoms. The van der Waals surface area contributed by atoms with Crippen LogP contribution < -0.4 is 10.2 Å². The average Bonchev–Trinajstić information content (AvgIpc) is 2.72. The van der Waals surface area contributed by atoms with Crippen LogP contribution in [0.2, 0.25) is 0 Å². The monoisotopic (exact) mass is 371 g/mol. The molecule has 1 saturated heterocycles. The lowest BCUT2D eigenvalue weighted by Gasteiger charge is -2.36. The first-order valence-electron chi connectivity index (χ1n) is 8.84. The van der Waals surface area contributed by atoms with Crippen LogP contribution in [0.15, 0.2) is 54.6 Å². The summed E-state index contributed by atoms with van der Waals surface area (Å²) in [5.74, 6) is -0.414. The minimum Gasteiger partial charge on any atom is -0.445 e. The Morgan fingerprint density at radius 1 is 0.963 bits per heavy atom. The highest BCUT2D eigenvalue weighted by Crippen LogP contribution is 2.16. The molecule has 1 fully saturated rings. The molecule has 1 heterocycles. The summed E-state index contributed by atoms with van der Waals surface area (Å²) in [4.78, 5) is 27.8. The summed E-state index contributed by atoms with van der Waals surface area (Å²) in [6, 6.07) is 15.7. The summed E-state index contributed by atoms with van der Waals surface area (Å²) in [7, 11) is 0. The molecule has 0 atom stereocenters. The van der Waals surface area contributed by atoms with Crippen molar-refractivity contribution < 1.29 is 18.7 Å². The quantitative estimate of drug-likeness (QED) is 0.877. The molecular formula is C20H22FN3O3. The summed E-state index contributed by atoms with van der Waals surface area (Å²) in [5.41, 5.74) is 1.82. The van der Waals surface area contributed by atoms with Crippen molar-refractivity contribution in [2.45, 2.75) is 6.61 Å². The number of anilines is 1. The van der Waals surface area contributed by atoms with Crippen molar-refractivity contribution in [3.63, 3.8) is 0 Å². The fourth-order valence-corrected chi connectivity index (χ4v) is 2.90. The number of piperazine rings is 1. The van der Waals surface area contributed by atoms with Crippen LogP contribution in [0.1, 0.15) is 5.56 Å². The third kappa shape index (κ3) is 5.44. The molecule has 0 unspecified atom stereocenters. The van der Waals surface area contributed by atoms with Gasteiger partial charge in [0.05, 0.1) is 0 Å². The van der Waals surface area contributed by atoms with Crippen molar-refractivity contribution in [3.8, 4) is 0 Å². The van der Waals surface area contributed by atoms with E-state index >= 15 is 0 Å². The van der Waals surface area contributed by atoms with E-state index in [1.165, 1.54) is 12.1 Å². The van der Waals surface area contributed by atoms with Crippen LogP contribution in [0.25, 0.3) is 0 Å². The van der Waals surface area contributed by atoms with Gasteiger partial charge in [0.1, 0.15) is 19.0 Å². The number of hydrogen-bond donors (Lipinski definition) is 1. The van der Waals surface area contributed by atoms with Gasteiger partial charge in [-0.2, -0.15) is 0 Å². The fraction of sp³-hybridized carbons (Fsp3) is 0.300. The van der Waals surface area contributed by atoms with Gasteiger partial charge in [-0.3, -0.25) is 4.79 Å². The highest BCUT2D eigenvalue weighted by atomic mass is 19.1. The second-order valence-corrected chi connectivity index (χ2v) is 6.26. The van der Waals surface area contributed by atoms with Gasteiger partial charge in [0.2, 0.25) is 5.91 Å². The first kappa shape index (κ1) is 18.7. The smallest absolute Gasteiger partial charge is 0.407 e. The molecule has 1 N–H and O–H groups in total. The minimum atomic E-state index is -0.614. The van der Waals surface area contributed by atoms with Crippen molar-refractivity contribution in [1.82, 2.24) is 10.2 Å². The number of nitrogens with zero attached hydrogens (tertiary/aromatic N) is 2. The molecule has 27 heavy (non-hydrogen) atoms. The van der Waals surface area contributed by atoms with Crippen LogP contribution in [-0.2, 0) is 16.1 Å². The normalized spacial score (nSPS) is 14.0. The molecule has 3 rings (SSSR count). The van der Waals surface area contributed by atoms with E-state index in [-0.39, 0.29) is 24.9 Å². The molecule has 0 bridgehead atoms. The van der Waals surface area contributed by atoms with E-state index in [0.29, 0.717) is 26.2 Å². The Morgan fingerprint density at radius 3 is 2.30 bits per heavy atom. The Kier molecular flexibility index (Phi) is 6.25. The molecule has 2 amide bonds. The molecule has 1 aliphatic rings. The maximum absolute atomic E-state index is 13.0. The highest BCUT2D eigenvalue weighted by Gasteiger charge is 2.21. The van der Waals surface area contributed by atoms with Crippen LogP contribution >= 0.6 is 0 Å². The summed E-state index contributed by atoms with van der Waals surface area (Å²) in [5, 5.41) is 2.49. The van der Waals surface area contributed by atoms with Crippen molar-refractivity contribution >= 4 is 17.7 Å². The van der Waals surface area contributed by atoms with Crippen molar-refractivity contribution in [2.24, 2.45) is 0 Å².